The molecule has 0 aromatic rings. The lowest BCUT2D eigenvalue weighted by atomic mass is 9.85. The predicted molar refractivity (Wildman–Crippen MR) is 67.1 cm³/mol. The van der Waals surface area contributed by atoms with Crippen molar-refractivity contribution in [1.29, 1.82) is 0 Å². The lowest BCUT2D eigenvalue weighted by molar-refractivity contribution is 0.145. The Hall–Kier alpha value is -0.340. The molecule has 0 bridgehead atoms. The van der Waals surface area contributed by atoms with Gasteiger partial charge >= 0.3 is 0 Å². The van der Waals surface area contributed by atoms with Crippen LogP contribution in [0.25, 0.3) is 0 Å². The smallest absolute Gasteiger partial charge is 0.0192 e. The van der Waals surface area contributed by atoms with Gasteiger partial charge in [0.05, 0.1) is 0 Å². The second-order valence-corrected chi connectivity index (χ2v) is 4.68. The molecule has 0 aliphatic heterocycles. The molecule has 0 aromatic carbocycles. The summed E-state index contributed by atoms with van der Waals surface area (Å²) in [7, 11) is 0. The molecule has 0 amide bonds. The van der Waals surface area contributed by atoms with Gasteiger partial charge in [-0.15, -0.1) is 6.58 Å². The van der Waals surface area contributed by atoms with E-state index < -0.39 is 0 Å². The van der Waals surface area contributed by atoms with Gasteiger partial charge < -0.3 is 5.32 Å². The van der Waals surface area contributed by atoms with Gasteiger partial charge in [0.15, 0.2) is 0 Å². The van der Waals surface area contributed by atoms with Gasteiger partial charge in [-0.3, -0.25) is 4.90 Å². The summed E-state index contributed by atoms with van der Waals surface area (Å²) in [6, 6.07) is 0.649. The summed E-state index contributed by atoms with van der Waals surface area (Å²) in [5, 5.41) is 3.40. The molecule has 1 atom stereocenters. The van der Waals surface area contributed by atoms with Gasteiger partial charge in [-0.25, -0.2) is 0 Å². The van der Waals surface area contributed by atoms with E-state index in [0.717, 1.165) is 19.0 Å². The Morgan fingerprint density at radius 2 is 2.27 bits per heavy atom. The average Bonchev–Trinajstić information content (AvgIpc) is 2.16. The maximum Gasteiger partial charge on any atom is 0.0192 e. The van der Waals surface area contributed by atoms with Crippen LogP contribution in [0.5, 0.6) is 0 Å². The van der Waals surface area contributed by atoms with Crippen LogP contribution in [0, 0.1) is 5.92 Å². The van der Waals surface area contributed by atoms with Crippen LogP contribution in [0.1, 0.15) is 33.1 Å². The number of likely N-dealkylation sites (N-methyl/N-ethyl adjacent to an activating group) is 1. The van der Waals surface area contributed by atoms with E-state index in [1.807, 2.05) is 6.08 Å². The van der Waals surface area contributed by atoms with Crippen molar-refractivity contribution in [3.63, 3.8) is 0 Å². The number of rotatable bonds is 8. The first kappa shape index (κ1) is 12.7. The van der Waals surface area contributed by atoms with Crippen molar-refractivity contribution in [2.45, 2.75) is 39.2 Å². The van der Waals surface area contributed by atoms with Gasteiger partial charge in [0.1, 0.15) is 0 Å². The zero-order valence-corrected chi connectivity index (χ0v) is 10.3. The highest BCUT2D eigenvalue weighted by Gasteiger charge is 2.22. The number of nitrogens with one attached hydrogen (secondary N) is 1. The fourth-order valence-corrected chi connectivity index (χ4v) is 2.15. The molecular weight excluding hydrogens is 184 g/mol. The van der Waals surface area contributed by atoms with Crippen LogP contribution < -0.4 is 5.32 Å². The first-order valence-electron chi connectivity index (χ1n) is 6.33. The van der Waals surface area contributed by atoms with Crippen molar-refractivity contribution < 1.29 is 0 Å². The Balaban J connectivity index is 2.19. The molecule has 2 nitrogen and oxygen atoms in total. The zero-order valence-electron chi connectivity index (χ0n) is 10.3. The molecule has 1 unspecified atom stereocenters. The largest absolute Gasteiger partial charge is 0.312 e. The third-order valence-corrected chi connectivity index (χ3v) is 3.48. The van der Waals surface area contributed by atoms with Gasteiger partial charge in [-0.2, -0.15) is 0 Å². The van der Waals surface area contributed by atoms with E-state index in [2.05, 4.69) is 30.6 Å². The SMILES string of the molecule is C=CCNCC(C)N(CC)CC1CCC1. The van der Waals surface area contributed by atoms with Crippen molar-refractivity contribution >= 4 is 0 Å². The van der Waals surface area contributed by atoms with E-state index in [1.165, 1.54) is 32.4 Å². The molecule has 15 heavy (non-hydrogen) atoms. The Kier molecular flexibility index (Phi) is 5.96. The van der Waals surface area contributed by atoms with Crippen LogP contribution in [0.3, 0.4) is 0 Å². The quantitative estimate of drug-likeness (QED) is 0.488. The Morgan fingerprint density at radius 1 is 1.53 bits per heavy atom. The normalized spacial score (nSPS) is 18.9. The summed E-state index contributed by atoms with van der Waals surface area (Å²) in [5.41, 5.74) is 0. The van der Waals surface area contributed by atoms with Crippen LogP contribution in [-0.4, -0.2) is 37.1 Å². The van der Waals surface area contributed by atoms with Crippen LogP contribution in [0.15, 0.2) is 12.7 Å². The minimum atomic E-state index is 0.649. The van der Waals surface area contributed by atoms with Crippen molar-refractivity contribution in [3.8, 4) is 0 Å². The molecule has 0 spiro atoms. The van der Waals surface area contributed by atoms with Crippen molar-refractivity contribution in [3.05, 3.63) is 12.7 Å². The van der Waals surface area contributed by atoms with Crippen molar-refractivity contribution in [2.24, 2.45) is 5.92 Å². The van der Waals surface area contributed by atoms with Gasteiger partial charge in [0.2, 0.25) is 0 Å². The highest BCUT2D eigenvalue weighted by atomic mass is 15.2. The zero-order chi connectivity index (χ0) is 11.1. The maximum absolute atomic E-state index is 3.72. The fraction of sp³-hybridized carbons (Fsp3) is 0.846. The molecule has 0 aromatic heterocycles. The lowest BCUT2D eigenvalue weighted by Gasteiger charge is -2.35. The number of hydrogen-bond donors (Lipinski definition) is 1. The summed E-state index contributed by atoms with van der Waals surface area (Å²) in [4.78, 5) is 2.60. The summed E-state index contributed by atoms with van der Waals surface area (Å²) in [5.74, 6) is 0.979. The molecule has 0 heterocycles. The molecule has 0 radical (unpaired) electrons. The first-order valence-corrected chi connectivity index (χ1v) is 6.33. The molecule has 1 N–H and O–H groups in total. The number of hydrogen-bond acceptors (Lipinski definition) is 2. The summed E-state index contributed by atoms with van der Waals surface area (Å²) >= 11 is 0. The predicted octanol–water partition coefficient (Wildman–Crippen LogP) is 2.27. The minimum Gasteiger partial charge on any atom is -0.312 e. The Morgan fingerprint density at radius 3 is 2.73 bits per heavy atom. The summed E-state index contributed by atoms with van der Waals surface area (Å²) < 4.78 is 0. The van der Waals surface area contributed by atoms with E-state index in [0.29, 0.717) is 6.04 Å². The highest BCUT2D eigenvalue weighted by molar-refractivity contribution is 4.78. The average molecular weight is 210 g/mol. The standard InChI is InChI=1S/C13H26N2/c1-4-9-14-10-12(3)15(5-2)11-13-7-6-8-13/h4,12-14H,1,5-11H2,2-3H3. The molecule has 88 valence electrons. The summed E-state index contributed by atoms with van der Waals surface area (Å²) in [6.45, 7) is 12.8. The highest BCUT2D eigenvalue weighted by Crippen LogP contribution is 2.27. The Labute approximate surface area is 94.7 Å². The van der Waals surface area contributed by atoms with Crippen molar-refractivity contribution in [2.75, 3.05) is 26.2 Å². The van der Waals surface area contributed by atoms with Gasteiger partial charge in [0.25, 0.3) is 0 Å². The van der Waals surface area contributed by atoms with E-state index >= 15 is 0 Å². The monoisotopic (exact) mass is 210 g/mol. The molecule has 1 rings (SSSR count). The maximum atomic E-state index is 3.72. The molecule has 0 saturated heterocycles. The third-order valence-electron chi connectivity index (χ3n) is 3.48. The van der Waals surface area contributed by atoms with E-state index in [-0.39, 0.29) is 0 Å². The van der Waals surface area contributed by atoms with Crippen molar-refractivity contribution in [1.82, 2.24) is 10.2 Å². The lowest BCUT2D eigenvalue weighted by Crippen LogP contribution is -2.43. The molecule has 2 heteroatoms. The van der Waals surface area contributed by atoms with E-state index in [1.54, 1.807) is 0 Å². The van der Waals surface area contributed by atoms with Gasteiger partial charge in [-0.05, 0) is 32.2 Å². The van der Waals surface area contributed by atoms with E-state index in [9.17, 15) is 0 Å². The molecule has 1 fully saturated rings. The first-order chi connectivity index (χ1) is 7.27. The van der Waals surface area contributed by atoms with Gasteiger partial charge in [0, 0.05) is 25.7 Å². The minimum absolute atomic E-state index is 0.649. The third kappa shape index (κ3) is 4.35. The van der Waals surface area contributed by atoms with E-state index in [4.69, 9.17) is 0 Å². The fourth-order valence-electron chi connectivity index (χ4n) is 2.15. The summed E-state index contributed by atoms with van der Waals surface area (Å²) in [6.07, 6.45) is 6.27. The van der Waals surface area contributed by atoms with Crippen LogP contribution >= 0.6 is 0 Å². The molecular formula is C13H26N2. The molecule has 1 aliphatic rings. The van der Waals surface area contributed by atoms with Gasteiger partial charge in [-0.1, -0.05) is 19.4 Å². The van der Waals surface area contributed by atoms with Crippen LogP contribution in [0.4, 0.5) is 0 Å². The number of nitrogens with zero attached hydrogens (tertiary/aromatic N) is 1. The van der Waals surface area contributed by atoms with Crippen LogP contribution in [0.2, 0.25) is 0 Å². The second-order valence-electron chi connectivity index (χ2n) is 4.68. The Bertz CT molecular complexity index is 175. The van der Waals surface area contributed by atoms with Crippen LogP contribution in [-0.2, 0) is 0 Å². The topological polar surface area (TPSA) is 15.3 Å². The second kappa shape index (κ2) is 7.02. The molecule has 1 saturated carbocycles. The molecule has 1 aliphatic carbocycles.